The molecule has 1 aliphatic heterocycles. The Labute approximate surface area is 171 Å². The number of hydrogen-bond donors (Lipinski definition) is 2. The third kappa shape index (κ3) is 4.52. The van der Waals surface area contributed by atoms with Crippen molar-refractivity contribution in [1.82, 2.24) is 4.90 Å². The molecule has 3 rings (SSSR count). The van der Waals surface area contributed by atoms with Crippen molar-refractivity contribution in [1.29, 1.82) is 0 Å². The smallest absolute Gasteiger partial charge is 0.311 e. The molecule has 0 bridgehead atoms. The van der Waals surface area contributed by atoms with Gasteiger partial charge in [0.1, 0.15) is 0 Å². The average molecular weight is 413 g/mol. The fourth-order valence-corrected chi connectivity index (χ4v) is 4.40. The molecule has 0 radical (unpaired) electrons. The highest BCUT2D eigenvalue weighted by Gasteiger charge is 2.54. The molecule has 1 heterocycles. The van der Waals surface area contributed by atoms with Crippen molar-refractivity contribution >= 4 is 30.0 Å². The first kappa shape index (κ1) is 22.3. The predicted molar refractivity (Wildman–Crippen MR) is 109 cm³/mol. The van der Waals surface area contributed by atoms with Crippen LogP contribution in [0.1, 0.15) is 33.1 Å². The minimum atomic E-state index is -0.722. The molecule has 1 saturated heterocycles. The fraction of sp³-hybridized carbons (Fsp3) is 0.600. The van der Waals surface area contributed by atoms with Crippen molar-refractivity contribution in [3.05, 3.63) is 18.2 Å². The lowest BCUT2D eigenvalue weighted by Gasteiger charge is -2.23. The van der Waals surface area contributed by atoms with Crippen LogP contribution in [0.2, 0.25) is 0 Å². The molecule has 2 atom stereocenters. The molecule has 2 aliphatic rings. The van der Waals surface area contributed by atoms with E-state index >= 15 is 0 Å². The van der Waals surface area contributed by atoms with Crippen LogP contribution < -0.4 is 14.8 Å². The van der Waals surface area contributed by atoms with Gasteiger partial charge in [-0.2, -0.15) is 0 Å². The first-order valence-corrected chi connectivity index (χ1v) is 9.63. The minimum Gasteiger partial charge on any atom is -0.490 e. The van der Waals surface area contributed by atoms with Gasteiger partial charge in [0, 0.05) is 24.8 Å². The number of benzene rings is 1. The second-order valence-electron chi connectivity index (χ2n) is 7.30. The Bertz CT molecular complexity index is 714. The molecule has 156 valence electrons. The fourth-order valence-electron chi connectivity index (χ4n) is 4.40. The van der Waals surface area contributed by atoms with E-state index in [1.807, 2.05) is 18.7 Å². The number of aliphatic carboxylic acids is 1. The molecule has 2 N–H and O–H groups in total. The summed E-state index contributed by atoms with van der Waals surface area (Å²) in [6, 6.07) is 5.32. The molecule has 8 heteroatoms. The number of carboxylic acids is 1. The van der Waals surface area contributed by atoms with E-state index in [0.29, 0.717) is 49.9 Å². The Morgan fingerprint density at radius 1 is 1.25 bits per heavy atom. The summed E-state index contributed by atoms with van der Waals surface area (Å²) >= 11 is 0. The summed E-state index contributed by atoms with van der Waals surface area (Å²) in [5.41, 5.74) is -0.0269. The number of anilines is 1. The second-order valence-corrected chi connectivity index (χ2v) is 7.30. The van der Waals surface area contributed by atoms with Crippen LogP contribution in [0.15, 0.2) is 18.2 Å². The number of nitrogens with one attached hydrogen (secondary N) is 1. The molecule has 1 aromatic carbocycles. The third-order valence-corrected chi connectivity index (χ3v) is 5.56. The Kier molecular flexibility index (Phi) is 7.55. The van der Waals surface area contributed by atoms with Gasteiger partial charge in [0.05, 0.1) is 25.2 Å². The van der Waals surface area contributed by atoms with E-state index < -0.39 is 11.4 Å². The van der Waals surface area contributed by atoms with Crippen LogP contribution in [0.5, 0.6) is 11.5 Å². The van der Waals surface area contributed by atoms with Gasteiger partial charge >= 0.3 is 5.97 Å². The number of likely N-dealkylation sites (tertiary alicyclic amines) is 1. The molecule has 7 nitrogen and oxygen atoms in total. The minimum absolute atomic E-state index is 0. The first-order chi connectivity index (χ1) is 13.0. The quantitative estimate of drug-likeness (QED) is 0.682. The zero-order valence-corrected chi connectivity index (χ0v) is 17.2. The highest BCUT2D eigenvalue weighted by molar-refractivity contribution is 5.92. The molecule has 2 fully saturated rings. The van der Waals surface area contributed by atoms with Crippen LogP contribution >= 0.6 is 12.4 Å². The summed E-state index contributed by atoms with van der Waals surface area (Å²) in [5.74, 6) is 0.520. The number of ether oxygens (including phenoxy) is 2. The lowest BCUT2D eigenvalue weighted by molar-refractivity contribution is -0.149. The van der Waals surface area contributed by atoms with Crippen LogP contribution in [0.25, 0.3) is 0 Å². The molecule has 0 aromatic heterocycles. The number of rotatable bonds is 8. The maximum atomic E-state index is 12.5. The van der Waals surface area contributed by atoms with Gasteiger partial charge < -0.3 is 19.9 Å². The zero-order valence-electron chi connectivity index (χ0n) is 16.4. The van der Waals surface area contributed by atoms with Gasteiger partial charge in [-0.25, -0.2) is 0 Å². The number of hydrogen-bond acceptors (Lipinski definition) is 5. The number of nitrogens with zero attached hydrogens (tertiary/aromatic N) is 1. The van der Waals surface area contributed by atoms with E-state index in [9.17, 15) is 14.7 Å². The molecular formula is C20H29ClN2O5. The molecule has 28 heavy (non-hydrogen) atoms. The van der Waals surface area contributed by atoms with E-state index in [1.54, 1.807) is 18.2 Å². The topological polar surface area (TPSA) is 88.1 Å². The van der Waals surface area contributed by atoms with Gasteiger partial charge in [-0.1, -0.05) is 6.42 Å². The third-order valence-electron chi connectivity index (χ3n) is 5.56. The average Bonchev–Trinajstić information content (AvgIpc) is 3.15. The Morgan fingerprint density at radius 2 is 1.96 bits per heavy atom. The van der Waals surface area contributed by atoms with Crippen molar-refractivity contribution in [3.8, 4) is 11.5 Å². The number of amides is 1. The van der Waals surface area contributed by atoms with Gasteiger partial charge in [0.2, 0.25) is 5.91 Å². The van der Waals surface area contributed by atoms with E-state index in [1.165, 1.54) is 0 Å². The SMILES string of the molecule is CCOc1ccc(NC(=O)CN2C[C@@H]3CCC[C@@]3(C(=O)O)C2)cc1OCC.Cl. The molecular weight excluding hydrogens is 384 g/mol. The van der Waals surface area contributed by atoms with Crippen LogP contribution in [0.3, 0.4) is 0 Å². The van der Waals surface area contributed by atoms with Crippen LogP contribution in [-0.4, -0.2) is 54.7 Å². The number of fused-ring (bicyclic) bond motifs is 1. The zero-order chi connectivity index (χ0) is 19.4. The first-order valence-electron chi connectivity index (χ1n) is 9.63. The van der Waals surface area contributed by atoms with Gasteiger partial charge in [-0.05, 0) is 44.7 Å². The number of carbonyl (C=O) groups is 2. The standard InChI is InChI=1S/C20H28N2O5.ClH/c1-3-26-16-8-7-15(10-17(16)27-4-2)21-18(23)12-22-11-14-6-5-9-20(14,13-22)19(24)25;/h7-8,10,14H,3-6,9,11-13H2,1-2H3,(H,21,23)(H,24,25);1H/t14-,20+;/m0./s1. The van der Waals surface area contributed by atoms with Gasteiger partial charge in [-0.15, -0.1) is 12.4 Å². The molecule has 1 aliphatic carbocycles. The van der Waals surface area contributed by atoms with E-state index in [4.69, 9.17) is 9.47 Å². The molecule has 1 aromatic rings. The molecule has 0 spiro atoms. The van der Waals surface area contributed by atoms with E-state index in [-0.39, 0.29) is 30.8 Å². The van der Waals surface area contributed by atoms with Crippen molar-refractivity contribution < 1.29 is 24.2 Å². The highest BCUT2D eigenvalue weighted by atomic mass is 35.5. The lowest BCUT2D eigenvalue weighted by atomic mass is 9.81. The lowest BCUT2D eigenvalue weighted by Crippen LogP contribution is -2.37. The van der Waals surface area contributed by atoms with Crippen LogP contribution in [0, 0.1) is 11.3 Å². The van der Waals surface area contributed by atoms with Gasteiger partial charge in [0.25, 0.3) is 0 Å². The van der Waals surface area contributed by atoms with Crippen molar-refractivity contribution in [2.24, 2.45) is 11.3 Å². The summed E-state index contributed by atoms with van der Waals surface area (Å²) in [5, 5.41) is 12.5. The molecule has 1 saturated carbocycles. The van der Waals surface area contributed by atoms with Crippen LogP contribution in [0.4, 0.5) is 5.69 Å². The second kappa shape index (κ2) is 9.47. The summed E-state index contributed by atoms with van der Waals surface area (Å²) in [6.07, 6.45) is 2.60. The highest BCUT2D eigenvalue weighted by Crippen LogP contribution is 2.48. The maximum absolute atomic E-state index is 12.5. The van der Waals surface area contributed by atoms with Crippen molar-refractivity contribution in [2.45, 2.75) is 33.1 Å². The van der Waals surface area contributed by atoms with Crippen LogP contribution in [-0.2, 0) is 9.59 Å². The Balaban J connectivity index is 0.00000280. The normalized spacial score (nSPS) is 23.6. The monoisotopic (exact) mass is 412 g/mol. The number of halogens is 1. The van der Waals surface area contributed by atoms with Gasteiger partial charge in [-0.3, -0.25) is 14.5 Å². The number of carboxylic acid groups (broad SMARTS) is 1. The maximum Gasteiger partial charge on any atom is 0.311 e. The summed E-state index contributed by atoms with van der Waals surface area (Å²) in [4.78, 5) is 26.2. The van der Waals surface area contributed by atoms with E-state index in [2.05, 4.69) is 5.32 Å². The summed E-state index contributed by atoms with van der Waals surface area (Å²) in [6.45, 7) is 6.16. The van der Waals surface area contributed by atoms with Crippen molar-refractivity contribution in [3.63, 3.8) is 0 Å². The van der Waals surface area contributed by atoms with Crippen molar-refractivity contribution in [2.75, 3.05) is 38.2 Å². The summed E-state index contributed by atoms with van der Waals surface area (Å²) in [7, 11) is 0. The van der Waals surface area contributed by atoms with E-state index in [0.717, 1.165) is 12.8 Å². The number of carbonyl (C=O) groups excluding carboxylic acids is 1. The van der Waals surface area contributed by atoms with Gasteiger partial charge in [0.15, 0.2) is 11.5 Å². The molecule has 1 amide bonds. The molecule has 0 unspecified atom stereocenters. The Morgan fingerprint density at radius 3 is 2.61 bits per heavy atom. The Hall–Kier alpha value is -1.99. The largest absolute Gasteiger partial charge is 0.490 e. The summed E-state index contributed by atoms with van der Waals surface area (Å²) < 4.78 is 11.1. The predicted octanol–water partition coefficient (Wildman–Crippen LogP) is 3.03.